The molecule has 1 fully saturated rings. The SMILES string of the molecule is CC.CCCOC(=O)C(C)NP(=O)(OCC1CC(n2c(C)nc3c(OC)nc(N)nc32)CO1)Oc1cccc2ccccc12. The van der Waals surface area contributed by atoms with Crippen molar-refractivity contribution in [2.24, 2.45) is 0 Å². The molecule has 0 radical (unpaired) electrons. The number of anilines is 1. The first-order chi connectivity index (χ1) is 21.2. The van der Waals surface area contributed by atoms with E-state index in [1.165, 1.54) is 7.11 Å². The first-order valence-electron chi connectivity index (χ1n) is 14.7. The summed E-state index contributed by atoms with van der Waals surface area (Å²) in [6, 6.07) is 11.9. The topological polar surface area (TPSA) is 162 Å². The molecule has 0 saturated carbocycles. The fourth-order valence-corrected chi connectivity index (χ4v) is 6.47. The van der Waals surface area contributed by atoms with Crippen LogP contribution in [0.3, 0.4) is 0 Å². The number of carbonyl (C=O) groups excluding carboxylic acids is 1. The lowest BCUT2D eigenvalue weighted by Gasteiger charge is -2.24. The molecule has 13 nitrogen and oxygen atoms in total. The molecule has 1 aliphatic rings. The van der Waals surface area contributed by atoms with Gasteiger partial charge in [0.05, 0.1) is 39.1 Å². The van der Waals surface area contributed by atoms with Gasteiger partial charge in [-0.2, -0.15) is 15.1 Å². The van der Waals surface area contributed by atoms with Gasteiger partial charge in [-0.3, -0.25) is 9.32 Å². The molecule has 1 saturated heterocycles. The van der Waals surface area contributed by atoms with Crippen LogP contribution in [0.25, 0.3) is 21.9 Å². The van der Waals surface area contributed by atoms with Crippen molar-refractivity contribution in [3.05, 3.63) is 48.3 Å². The number of ether oxygens (including phenoxy) is 3. The number of nitrogens with zero attached hydrogens (tertiary/aromatic N) is 4. The number of nitrogens with one attached hydrogen (secondary N) is 1. The third-order valence-electron chi connectivity index (χ3n) is 6.87. The van der Waals surface area contributed by atoms with Gasteiger partial charge in [0.25, 0.3) is 0 Å². The van der Waals surface area contributed by atoms with E-state index in [0.717, 1.165) is 10.8 Å². The number of rotatable bonds is 12. The van der Waals surface area contributed by atoms with Crippen LogP contribution < -0.4 is 20.1 Å². The third-order valence-corrected chi connectivity index (χ3v) is 8.50. The molecule has 238 valence electrons. The maximum absolute atomic E-state index is 14.1. The maximum atomic E-state index is 14.1. The second-order valence-corrected chi connectivity index (χ2v) is 11.7. The molecule has 4 aromatic rings. The Kier molecular flexibility index (Phi) is 11.1. The highest BCUT2D eigenvalue weighted by Crippen LogP contribution is 2.47. The summed E-state index contributed by atoms with van der Waals surface area (Å²) in [6.45, 7) is 9.84. The van der Waals surface area contributed by atoms with E-state index in [-0.39, 0.29) is 25.2 Å². The van der Waals surface area contributed by atoms with Gasteiger partial charge in [-0.15, -0.1) is 0 Å². The lowest BCUT2D eigenvalue weighted by atomic mass is 10.1. The molecule has 0 spiro atoms. The zero-order valence-corrected chi connectivity index (χ0v) is 26.9. The van der Waals surface area contributed by atoms with Crippen molar-refractivity contribution >= 4 is 41.6 Å². The number of aromatic nitrogens is 4. The van der Waals surface area contributed by atoms with E-state index in [0.29, 0.717) is 48.1 Å². The Hall–Kier alpha value is -3.77. The van der Waals surface area contributed by atoms with E-state index in [4.69, 9.17) is 29.0 Å². The normalized spacial score (nSPS) is 18.3. The van der Waals surface area contributed by atoms with Crippen molar-refractivity contribution in [2.75, 3.05) is 32.7 Å². The summed E-state index contributed by atoms with van der Waals surface area (Å²) in [4.78, 5) is 25.6. The summed E-state index contributed by atoms with van der Waals surface area (Å²) in [7, 11) is -2.59. The number of hydrogen-bond donors (Lipinski definition) is 2. The monoisotopic (exact) mass is 628 g/mol. The number of methoxy groups -OCH3 is 1. The highest BCUT2D eigenvalue weighted by molar-refractivity contribution is 7.52. The molecule has 4 unspecified atom stereocenters. The van der Waals surface area contributed by atoms with Crippen LogP contribution in [0.1, 0.15) is 52.4 Å². The molecule has 4 atom stereocenters. The molecule has 2 aromatic carbocycles. The molecule has 44 heavy (non-hydrogen) atoms. The molecule has 3 N–H and O–H groups in total. The average molecular weight is 629 g/mol. The van der Waals surface area contributed by atoms with Crippen LogP contribution in [0.5, 0.6) is 11.6 Å². The van der Waals surface area contributed by atoms with Crippen LogP contribution >= 0.6 is 7.75 Å². The van der Waals surface area contributed by atoms with Gasteiger partial charge in [-0.25, -0.2) is 9.55 Å². The smallest absolute Gasteiger partial charge is 0.459 e. The van der Waals surface area contributed by atoms with Crippen molar-refractivity contribution in [1.29, 1.82) is 0 Å². The molecular formula is C30H41N6O7P. The van der Waals surface area contributed by atoms with Crippen LogP contribution in [0.15, 0.2) is 42.5 Å². The van der Waals surface area contributed by atoms with Gasteiger partial charge in [0.15, 0.2) is 11.2 Å². The number of imidazole rings is 1. The lowest BCUT2D eigenvalue weighted by Crippen LogP contribution is -2.35. The van der Waals surface area contributed by atoms with Gasteiger partial charge in [0.1, 0.15) is 17.6 Å². The van der Waals surface area contributed by atoms with E-state index in [1.54, 1.807) is 19.1 Å². The Morgan fingerprint density at radius 3 is 2.68 bits per heavy atom. The standard InChI is InChI=1S/C28H35N6O7P.C2H6/c1-5-13-38-27(35)17(2)33-42(36,41-23-12-8-10-19-9-6-7-11-22(19)23)40-16-21-14-20(15-39-21)34-18(3)30-24-25(34)31-28(29)32-26(24)37-4;1-2/h6-12,17,20-21H,5,13-16H2,1-4H3,(H,33,36)(H2,29,31,32);1-2H3. The molecule has 0 aliphatic carbocycles. The number of esters is 1. The number of aryl methyl sites for hydroxylation is 1. The predicted octanol–water partition coefficient (Wildman–Crippen LogP) is 5.37. The highest BCUT2D eigenvalue weighted by Gasteiger charge is 2.36. The fraction of sp³-hybridized carbons (Fsp3) is 0.467. The van der Waals surface area contributed by atoms with Crippen molar-refractivity contribution in [3.8, 4) is 11.6 Å². The van der Waals surface area contributed by atoms with E-state index in [9.17, 15) is 9.36 Å². The Balaban J connectivity index is 0.00000216. The van der Waals surface area contributed by atoms with Gasteiger partial charge in [-0.05, 0) is 38.1 Å². The zero-order chi connectivity index (χ0) is 31.9. The summed E-state index contributed by atoms with van der Waals surface area (Å²) in [6.07, 6.45) is 0.749. The van der Waals surface area contributed by atoms with Crippen molar-refractivity contribution < 1.29 is 32.6 Å². The Bertz CT molecular complexity index is 1630. The summed E-state index contributed by atoms with van der Waals surface area (Å²) in [5.41, 5.74) is 6.95. The molecule has 5 rings (SSSR count). The number of nitrogen functional groups attached to an aromatic ring is 1. The number of benzene rings is 2. The van der Waals surface area contributed by atoms with Gasteiger partial charge < -0.3 is 29.0 Å². The highest BCUT2D eigenvalue weighted by atomic mass is 31.2. The third kappa shape index (κ3) is 7.47. The average Bonchev–Trinajstić information content (AvgIpc) is 3.62. The minimum absolute atomic E-state index is 0.0611. The van der Waals surface area contributed by atoms with Crippen LogP contribution in [-0.4, -0.2) is 64.6 Å². The van der Waals surface area contributed by atoms with Gasteiger partial charge in [0.2, 0.25) is 11.8 Å². The van der Waals surface area contributed by atoms with Crippen molar-refractivity contribution in [2.45, 2.75) is 65.6 Å². The van der Waals surface area contributed by atoms with E-state index < -0.39 is 25.9 Å². The van der Waals surface area contributed by atoms with Gasteiger partial charge >= 0.3 is 13.7 Å². The summed E-state index contributed by atoms with van der Waals surface area (Å²) in [5.74, 6) is 0.865. The van der Waals surface area contributed by atoms with Crippen LogP contribution in [-0.2, 0) is 23.4 Å². The van der Waals surface area contributed by atoms with Gasteiger partial charge in [-0.1, -0.05) is 57.2 Å². The molecule has 3 heterocycles. The van der Waals surface area contributed by atoms with E-state index in [2.05, 4.69) is 20.0 Å². The zero-order valence-electron chi connectivity index (χ0n) is 26.0. The predicted molar refractivity (Wildman–Crippen MR) is 168 cm³/mol. The van der Waals surface area contributed by atoms with Crippen LogP contribution in [0, 0.1) is 6.92 Å². The fourth-order valence-electron chi connectivity index (χ4n) is 4.93. The Morgan fingerprint density at radius 2 is 1.93 bits per heavy atom. The Morgan fingerprint density at radius 1 is 1.18 bits per heavy atom. The molecule has 0 bridgehead atoms. The number of hydrogen-bond acceptors (Lipinski definition) is 11. The molecule has 2 aromatic heterocycles. The molecule has 1 aliphatic heterocycles. The number of fused-ring (bicyclic) bond motifs is 2. The largest absolute Gasteiger partial charge is 0.479 e. The van der Waals surface area contributed by atoms with Crippen LogP contribution in [0.2, 0.25) is 0 Å². The van der Waals surface area contributed by atoms with Gasteiger partial charge in [0, 0.05) is 5.39 Å². The van der Waals surface area contributed by atoms with E-state index in [1.807, 2.05) is 62.6 Å². The summed E-state index contributed by atoms with van der Waals surface area (Å²) < 4.78 is 44.6. The van der Waals surface area contributed by atoms with Crippen LogP contribution in [0.4, 0.5) is 5.95 Å². The lowest BCUT2D eigenvalue weighted by molar-refractivity contribution is -0.145. The summed E-state index contributed by atoms with van der Waals surface area (Å²) >= 11 is 0. The minimum Gasteiger partial charge on any atom is -0.479 e. The first-order valence-corrected chi connectivity index (χ1v) is 16.3. The van der Waals surface area contributed by atoms with Crippen molar-refractivity contribution in [3.63, 3.8) is 0 Å². The maximum Gasteiger partial charge on any atom is 0.459 e. The molecule has 14 heteroatoms. The second kappa shape index (κ2) is 14.8. The summed E-state index contributed by atoms with van der Waals surface area (Å²) in [5, 5.41) is 4.41. The van der Waals surface area contributed by atoms with E-state index >= 15 is 0 Å². The molecule has 0 amide bonds. The second-order valence-electron chi connectivity index (χ2n) is 10.0. The molecular weight excluding hydrogens is 587 g/mol. The Labute approximate surface area is 257 Å². The first kappa shape index (κ1) is 33.1. The number of nitrogens with two attached hydrogens (primary N) is 1. The minimum atomic E-state index is -4.09. The number of carbonyl (C=O) groups is 1. The van der Waals surface area contributed by atoms with Crippen molar-refractivity contribution in [1.82, 2.24) is 24.6 Å². The quantitative estimate of drug-likeness (QED) is 0.153.